The molecule has 116 valence electrons. The minimum Gasteiger partial charge on any atom is -0.492 e. The van der Waals surface area contributed by atoms with Crippen LogP contribution in [0.2, 0.25) is 0 Å². The van der Waals surface area contributed by atoms with E-state index in [-0.39, 0.29) is 29.1 Å². The Morgan fingerprint density at radius 2 is 1.95 bits per heavy atom. The number of carbonyl (C=O) groups is 1. The third-order valence-corrected chi connectivity index (χ3v) is 4.61. The van der Waals surface area contributed by atoms with E-state index in [0.717, 1.165) is 12.3 Å². The second-order valence-corrected chi connectivity index (χ2v) is 7.17. The minimum absolute atomic E-state index is 0.00561. The third kappa shape index (κ3) is 3.20. The number of sulfone groups is 1. The van der Waals surface area contributed by atoms with Gasteiger partial charge < -0.3 is 4.74 Å². The molecule has 1 fully saturated rings. The number of ether oxygens (including phenoxy) is 1. The van der Waals surface area contributed by atoms with Gasteiger partial charge >= 0.3 is 6.18 Å². The predicted octanol–water partition coefficient (Wildman–Crippen LogP) is 2.62. The molecule has 0 aromatic heterocycles. The Hall–Kier alpha value is -1.57. The lowest BCUT2D eigenvalue weighted by molar-refractivity contribution is -0.194. The van der Waals surface area contributed by atoms with Crippen molar-refractivity contribution in [2.24, 2.45) is 5.41 Å². The van der Waals surface area contributed by atoms with Crippen molar-refractivity contribution < 1.29 is 31.1 Å². The normalized spacial score (nSPS) is 17.3. The fraction of sp³-hybridized carbons (Fsp3) is 0.462. The Balaban J connectivity index is 2.20. The number of halogens is 3. The molecule has 0 amide bonds. The monoisotopic (exact) mass is 322 g/mol. The Bertz CT molecular complexity index is 660. The summed E-state index contributed by atoms with van der Waals surface area (Å²) in [6, 6.07) is 3.49. The van der Waals surface area contributed by atoms with Crippen LogP contribution in [0.5, 0.6) is 5.75 Å². The van der Waals surface area contributed by atoms with Crippen LogP contribution in [0.25, 0.3) is 0 Å². The van der Waals surface area contributed by atoms with Crippen molar-refractivity contribution in [3.8, 4) is 5.75 Å². The van der Waals surface area contributed by atoms with Crippen LogP contribution in [0.4, 0.5) is 13.2 Å². The maximum Gasteiger partial charge on any atom is 0.397 e. The SMILES string of the molecule is CS(=O)(=O)c1ccc(OCC2(C(F)(F)F)CC2)c(C=O)c1. The zero-order valence-corrected chi connectivity index (χ0v) is 11.9. The molecule has 0 atom stereocenters. The quantitative estimate of drug-likeness (QED) is 0.782. The zero-order valence-electron chi connectivity index (χ0n) is 11.1. The fourth-order valence-corrected chi connectivity index (χ4v) is 2.51. The summed E-state index contributed by atoms with van der Waals surface area (Å²) in [5.74, 6) is -0.0482. The van der Waals surface area contributed by atoms with E-state index >= 15 is 0 Å². The number of carbonyl (C=O) groups excluding carboxylic acids is 1. The lowest BCUT2D eigenvalue weighted by Gasteiger charge is -2.20. The zero-order chi connectivity index (χ0) is 15.9. The lowest BCUT2D eigenvalue weighted by Crippen LogP contribution is -2.30. The summed E-state index contributed by atoms with van der Waals surface area (Å²) in [6.45, 7) is -0.574. The third-order valence-electron chi connectivity index (χ3n) is 3.50. The first-order valence-electron chi connectivity index (χ1n) is 6.08. The molecule has 21 heavy (non-hydrogen) atoms. The van der Waals surface area contributed by atoms with Crippen LogP contribution in [0, 0.1) is 5.41 Å². The molecule has 0 unspecified atom stereocenters. The fourth-order valence-electron chi connectivity index (χ4n) is 1.86. The van der Waals surface area contributed by atoms with Crippen LogP contribution in [-0.4, -0.2) is 33.7 Å². The Morgan fingerprint density at radius 1 is 1.33 bits per heavy atom. The summed E-state index contributed by atoms with van der Waals surface area (Å²) in [7, 11) is -3.50. The van der Waals surface area contributed by atoms with Gasteiger partial charge in [0.2, 0.25) is 0 Å². The summed E-state index contributed by atoms with van der Waals surface area (Å²) in [5.41, 5.74) is -1.93. The van der Waals surface area contributed by atoms with Crippen molar-refractivity contribution in [2.75, 3.05) is 12.9 Å². The number of aldehydes is 1. The largest absolute Gasteiger partial charge is 0.492 e. The van der Waals surface area contributed by atoms with E-state index in [9.17, 15) is 26.4 Å². The van der Waals surface area contributed by atoms with Gasteiger partial charge in [0.05, 0.1) is 10.5 Å². The van der Waals surface area contributed by atoms with Crippen LogP contribution in [0.15, 0.2) is 23.1 Å². The molecule has 0 aliphatic heterocycles. The first-order chi connectivity index (χ1) is 9.59. The number of hydrogen-bond acceptors (Lipinski definition) is 4. The van der Waals surface area contributed by atoms with E-state index < -0.39 is 28.0 Å². The highest BCUT2D eigenvalue weighted by Gasteiger charge is 2.63. The Labute approximate surface area is 119 Å². The Kier molecular flexibility index (Phi) is 3.77. The first-order valence-corrected chi connectivity index (χ1v) is 7.97. The molecule has 0 radical (unpaired) electrons. The van der Waals surface area contributed by atoms with Gasteiger partial charge in [-0.3, -0.25) is 4.79 Å². The van der Waals surface area contributed by atoms with Crippen molar-refractivity contribution in [1.82, 2.24) is 0 Å². The molecular weight excluding hydrogens is 309 g/mol. The maximum atomic E-state index is 12.8. The van der Waals surface area contributed by atoms with Gasteiger partial charge in [-0.25, -0.2) is 8.42 Å². The van der Waals surface area contributed by atoms with E-state index in [0.29, 0.717) is 6.29 Å². The van der Waals surface area contributed by atoms with Gasteiger partial charge in [0.25, 0.3) is 0 Å². The van der Waals surface area contributed by atoms with Crippen LogP contribution < -0.4 is 4.74 Å². The second kappa shape index (κ2) is 5.01. The van der Waals surface area contributed by atoms with Gasteiger partial charge in [0.1, 0.15) is 17.8 Å². The highest BCUT2D eigenvalue weighted by molar-refractivity contribution is 7.90. The van der Waals surface area contributed by atoms with Crippen molar-refractivity contribution in [1.29, 1.82) is 0 Å². The van der Waals surface area contributed by atoms with Crippen molar-refractivity contribution in [3.63, 3.8) is 0 Å². The molecule has 0 bridgehead atoms. The Morgan fingerprint density at radius 3 is 2.38 bits per heavy atom. The average Bonchev–Trinajstić information content (AvgIpc) is 3.15. The molecule has 4 nitrogen and oxygen atoms in total. The molecule has 2 rings (SSSR count). The van der Waals surface area contributed by atoms with E-state index in [4.69, 9.17) is 4.74 Å². The van der Waals surface area contributed by atoms with E-state index in [1.807, 2.05) is 0 Å². The van der Waals surface area contributed by atoms with Gasteiger partial charge in [-0.1, -0.05) is 0 Å². The molecular formula is C13H13F3O4S. The lowest BCUT2D eigenvalue weighted by atomic mass is 10.1. The molecule has 8 heteroatoms. The van der Waals surface area contributed by atoms with Crippen LogP contribution in [0.3, 0.4) is 0 Å². The highest BCUT2D eigenvalue weighted by Crippen LogP contribution is 2.57. The molecule has 0 spiro atoms. The average molecular weight is 322 g/mol. The first kappa shape index (κ1) is 15.8. The number of hydrogen-bond donors (Lipinski definition) is 0. The summed E-state index contributed by atoms with van der Waals surface area (Å²) >= 11 is 0. The second-order valence-electron chi connectivity index (χ2n) is 5.16. The summed E-state index contributed by atoms with van der Waals surface area (Å²) < 4.78 is 66.2. The number of alkyl halides is 3. The summed E-state index contributed by atoms with van der Waals surface area (Å²) in [5, 5.41) is 0. The molecule has 0 saturated heterocycles. The van der Waals surface area contributed by atoms with Crippen LogP contribution in [0.1, 0.15) is 23.2 Å². The van der Waals surface area contributed by atoms with Gasteiger partial charge in [0, 0.05) is 6.26 Å². The van der Waals surface area contributed by atoms with Crippen molar-refractivity contribution in [3.05, 3.63) is 23.8 Å². The maximum absolute atomic E-state index is 12.8. The predicted molar refractivity (Wildman–Crippen MR) is 68.2 cm³/mol. The topological polar surface area (TPSA) is 60.4 Å². The molecule has 1 aromatic carbocycles. The summed E-state index contributed by atoms with van der Waals surface area (Å²) in [4.78, 5) is 10.9. The number of benzene rings is 1. The van der Waals surface area contributed by atoms with E-state index in [1.54, 1.807) is 0 Å². The molecule has 1 saturated carbocycles. The highest BCUT2D eigenvalue weighted by atomic mass is 32.2. The van der Waals surface area contributed by atoms with Gasteiger partial charge in [-0.15, -0.1) is 0 Å². The molecule has 1 aromatic rings. The van der Waals surface area contributed by atoms with Gasteiger partial charge in [-0.2, -0.15) is 13.2 Å². The van der Waals surface area contributed by atoms with E-state index in [2.05, 4.69) is 0 Å². The molecule has 1 aliphatic rings. The smallest absolute Gasteiger partial charge is 0.397 e. The van der Waals surface area contributed by atoms with Crippen molar-refractivity contribution >= 4 is 16.1 Å². The van der Waals surface area contributed by atoms with E-state index in [1.165, 1.54) is 12.1 Å². The van der Waals surface area contributed by atoms with Crippen LogP contribution in [-0.2, 0) is 9.84 Å². The number of rotatable bonds is 5. The molecule has 0 heterocycles. The van der Waals surface area contributed by atoms with Crippen LogP contribution >= 0.6 is 0 Å². The van der Waals surface area contributed by atoms with Gasteiger partial charge in [-0.05, 0) is 31.0 Å². The van der Waals surface area contributed by atoms with Crippen molar-refractivity contribution in [2.45, 2.75) is 23.9 Å². The standard InChI is InChI=1S/C13H13F3O4S/c1-21(18,19)10-2-3-11(9(6-10)7-17)20-8-12(4-5-12)13(14,15)16/h2-3,6-7H,4-5,8H2,1H3. The molecule has 1 aliphatic carbocycles. The minimum atomic E-state index is -4.35. The summed E-state index contributed by atoms with van der Waals surface area (Å²) in [6.07, 6.45) is -3.03. The molecule has 0 N–H and O–H groups in total. The van der Waals surface area contributed by atoms with Gasteiger partial charge in [0.15, 0.2) is 16.1 Å².